The minimum atomic E-state index is -4.11. The van der Waals surface area contributed by atoms with Crippen molar-refractivity contribution in [3.63, 3.8) is 0 Å². The highest BCUT2D eigenvalue weighted by Crippen LogP contribution is 2.39. The fraction of sp³-hybridized carbons (Fsp3) is 0.409. The van der Waals surface area contributed by atoms with Gasteiger partial charge in [-0.3, -0.25) is 4.79 Å². The van der Waals surface area contributed by atoms with E-state index in [0.29, 0.717) is 12.3 Å². The number of hydrogen-bond acceptors (Lipinski definition) is 4. The average Bonchev–Trinajstić information content (AvgIpc) is 2.72. The SMILES string of the molecule is CS(=O)(=O)NC1C2Cc3cccc(c3F)-c3cc(F)cc(F)c3OCCC(=O)N2CCC1(F)F. The molecule has 2 aliphatic heterocycles. The van der Waals surface area contributed by atoms with Crippen molar-refractivity contribution in [1.29, 1.82) is 0 Å². The van der Waals surface area contributed by atoms with E-state index in [4.69, 9.17) is 4.74 Å². The van der Waals surface area contributed by atoms with Crippen LogP contribution in [0.2, 0.25) is 0 Å². The number of carbonyl (C=O) groups is 1. The Morgan fingerprint density at radius 2 is 1.88 bits per heavy atom. The molecule has 2 heterocycles. The lowest BCUT2D eigenvalue weighted by molar-refractivity contribution is -0.148. The summed E-state index contributed by atoms with van der Waals surface area (Å²) in [5.41, 5.74) is -0.587. The van der Waals surface area contributed by atoms with E-state index < -0.39 is 76.5 Å². The second-order valence-electron chi connectivity index (χ2n) is 8.38. The topological polar surface area (TPSA) is 75.7 Å². The molecule has 2 aliphatic rings. The molecular formula is C22H21F5N2O4S. The van der Waals surface area contributed by atoms with Crippen molar-refractivity contribution < 1.29 is 39.9 Å². The number of benzene rings is 2. The average molecular weight is 504 g/mol. The molecule has 184 valence electrons. The zero-order valence-electron chi connectivity index (χ0n) is 18.0. The number of rotatable bonds is 2. The third-order valence-electron chi connectivity index (χ3n) is 5.96. The third-order valence-corrected chi connectivity index (χ3v) is 6.64. The van der Waals surface area contributed by atoms with Gasteiger partial charge in [0.25, 0.3) is 5.92 Å². The highest BCUT2D eigenvalue weighted by Gasteiger charge is 2.52. The Balaban J connectivity index is 1.88. The Morgan fingerprint density at radius 3 is 2.59 bits per heavy atom. The zero-order valence-corrected chi connectivity index (χ0v) is 18.8. The van der Waals surface area contributed by atoms with Gasteiger partial charge in [-0.05, 0) is 18.1 Å². The first-order valence-electron chi connectivity index (χ1n) is 10.4. The van der Waals surface area contributed by atoms with Crippen LogP contribution in [0.25, 0.3) is 11.1 Å². The van der Waals surface area contributed by atoms with E-state index in [1.165, 1.54) is 18.2 Å². The van der Waals surface area contributed by atoms with Gasteiger partial charge in [0.2, 0.25) is 15.9 Å². The number of carbonyl (C=O) groups excluding carboxylic acids is 1. The molecule has 0 spiro atoms. The van der Waals surface area contributed by atoms with Crippen LogP contribution < -0.4 is 9.46 Å². The largest absolute Gasteiger partial charge is 0.489 e. The van der Waals surface area contributed by atoms with Crippen molar-refractivity contribution in [3.05, 3.63) is 53.3 Å². The van der Waals surface area contributed by atoms with Gasteiger partial charge < -0.3 is 9.64 Å². The lowest BCUT2D eigenvalue weighted by Gasteiger charge is -2.45. The molecule has 0 aliphatic carbocycles. The Bertz CT molecular complexity index is 1240. The molecule has 4 rings (SSSR count). The van der Waals surface area contributed by atoms with E-state index in [-0.39, 0.29) is 29.7 Å². The first-order valence-corrected chi connectivity index (χ1v) is 12.3. The summed E-state index contributed by atoms with van der Waals surface area (Å²) in [6.07, 6.45) is -0.890. The van der Waals surface area contributed by atoms with E-state index in [1.54, 1.807) is 0 Å². The summed E-state index contributed by atoms with van der Waals surface area (Å²) in [5.74, 6) is -7.62. The van der Waals surface area contributed by atoms with Crippen molar-refractivity contribution in [2.75, 3.05) is 19.4 Å². The summed E-state index contributed by atoms with van der Waals surface area (Å²) in [5, 5.41) is 0. The van der Waals surface area contributed by atoms with Crippen LogP contribution in [0.5, 0.6) is 5.75 Å². The maximum Gasteiger partial charge on any atom is 0.267 e. The molecule has 34 heavy (non-hydrogen) atoms. The Kier molecular flexibility index (Phi) is 6.32. The Labute approximate surface area is 192 Å². The van der Waals surface area contributed by atoms with Gasteiger partial charge in [-0.2, -0.15) is 0 Å². The smallest absolute Gasteiger partial charge is 0.267 e. The number of ether oxygens (including phenoxy) is 1. The van der Waals surface area contributed by atoms with Crippen molar-refractivity contribution in [3.8, 4) is 16.9 Å². The summed E-state index contributed by atoms with van der Waals surface area (Å²) in [4.78, 5) is 14.0. The predicted octanol–water partition coefficient (Wildman–Crippen LogP) is 3.25. The van der Waals surface area contributed by atoms with E-state index in [9.17, 15) is 30.8 Å². The Hall–Kier alpha value is -2.73. The quantitative estimate of drug-likeness (QED) is 0.638. The fourth-order valence-corrected chi connectivity index (χ4v) is 5.24. The molecule has 0 saturated carbocycles. The Morgan fingerprint density at radius 1 is 1.15 bits per heavy atom. The molecule has 12 heteroatoms. The highest BCUT2D eigenvalue weighted by molar-refractivity contribution is 7.88. The molecule has 0 radical (unpaired) electrons. The van der Waals surface area contributed by atoms with Gasteiger partial charge in [-0.15, -0.1) is 0 Å². The zero-order chi connectivity index (χ0) is 24.8. The molecule has 1 N–H and O–H groups in total. The summed E-state index contributed by atoms with van der Waals surface area (Å²) in [7, 11) is -4.11. The number of piperidine rings is 1. The molecule has 6 nitrogen and oxygen atoms in total. The summed E-state index contributed by atoms with van der Waals surface area (Å²) >= 11 is 0. The number of nitrogens with one attached hydrogen (secondary N) is 1. The number of fused-ring (bicyclic) bond motifs is 5. The van der Waals surface area contributed by atoms with Gasteiger partial charge in [0.1, 0.15) is 17.7 Å². The monoisotopic (exact) mass is 504 g/mol. The number of hydrogen-bond donors (Lipinski definition) is 1. The van der Waals surface area contributed by atoms with E-state index in [2.05, 4.69) is 0 Å². The van der Waals surface area contributed by atoms with Crippen LogP contribution in [0.3, 0.4) is 0 Å². The predicted molar refractivity (Wildman–Crippen MR) is 112 cm³/mol. The molecule has 2 unspecified atom stereocenters. The van der Waals surface area contributed by atoms with E-state index in [1.807, 2.05) is 4.72 Å². The van der Waals surface area contributed by atoms with Crippen molar-refractivity contribution >= 4 is 15.9 Å². The molecule has 1 saturated heterocycles. The second kappa shape index (κ2) is 8.81. The maximum absolute atomic E-state index is 15.6. The van der Waals surface area contributed by atoms with Crippen LogP contribution in [-0.4, -0.2) is 56.6 Å². The van der Waals surface area contributed by atoms with Gasteiger partial charge in [-0.1, -0.05) is 18.2 Å². The summed E-state index contributed by atoms with van der Waals surface area (Å²) in [6.45, 7) is -0.782. The fourth-order valence-electron chi connectivity index (χ4n) is 4.45. The van der Waals surface area contributed by atoms with Crippen LogP contribution >= 0.6 is 0 Å². The second-order valence-corrected chi connectivity index (χ2v) is 10.2. The first kappa shape index (κ1) is 24.4. The van der Waals surface area contributed by atoms with Crippen LogP contribution in [-0.2, 0) is 21.2 Å². The van der Waals surface area contributed by atoms with E-state index >= 15 is 4.39 Å². The van der Waals surface area contributed by atoms with Crippen LogP contribution in [0.4, 0.5) is 22.0 Å². The maximum atomic E-state index is 15.6. The van der Waals surface area contributed by atoms with Crippen molar-refractivity contribution in [2.45, 2.75) is 37.3 Å². The number of amides is 1. The van der Waals surface area contributed by atoms with Crippen LogP contribution in [0.15, 0.2) is 30.3 Å². The third kappa shape index (κ3) is 4.74. The molecule has 1 amide bonds. The molecular weight excluding hydrogens is 483 g/mol. The van der Waals surface area contributed by atoms with Gasteiger partial charge >= 0.3 is 0 Å². The van der Waals surface area contributed by atoms with Gasteiger partial charge in [0.15, 0.2) is 11.6 Å². The van der Waals surface area contributed by atoms with Gasteiger partial charge in [-0.25, -0.2) is 35.1 Å². The molecule has 1 fully saturated rings. The van der Waals surface area contributed by atoms with Crippen LogP contribution in [0.1, 0.15) is 18.4 Å². The first-order chi connectivity index (χ1) is 15.9. The van der Waals surface area contributed by atoms with Crippen molar-refractivity contribution in [2.24, 2.45) is 0 Å². The van der Waals surface area contributed by atoms with Crippen molar-refractivity contribution in [1.82, 2.24) is 9.62 Å². The number of halogens is 5. The van der Waals surface area contributed by atoms with Gasteiger partial charge in [0.05, 0.1) is 25.3 Å². The highest BCUT2D eigenvalue weighted by atomic mass is 32.2. The standard InChI is InChI=1S/C22H21F5N2O4S/c1-34(31,32)28-21-17-9-12-3-2-4-14(19(12)25)15-10-13(23)11-16(24)20(15)33-8-5-18(30)29(17)7-6-22(21,26)27/h2-4,10-11,17,21,28H,5-9H2,1H3. The lowest BCUT2D eigenvalue weighted by Crippen LogP contribution is -2.66. The molecule has 2 aromatic rings. The summed E-state index contributed by atoms with van der Waals surface area (Å²) < 4.78 is 105. The minimum Gasteiger partial charge on any atom is -0.489 e. The molecule has 2 aromatic carbocycles. The molecule has 2 atom stereocenters. The lowest BCUT2D eigenvalue weighted by atomic mass is 9.87. The number of nitrogens with zero attached hydrogens (tertiary/aromatic N) is 1. The van der Waals surface area contributed by atoms with Gasteiger partial charge in [0, 0.05) is 30.2 Å². The molecule has 2 bridgehead atoms. The summed E-state index contributed by atoms with van der Waals surface area (Å²) in [6, 6.07) is 1.94. The number of alkyl halides is 2. The van der Waals surface area contributed by atoms with E-state index in [0.717, 1.165) is 11.0 Å². The van der Waals surface area contributed by atoms with Crippen LogP contribution in [0, 0.1) is 17.5 Å². The molecule has 0 aromatic heterocycles. The number of sulfonamides is 1. The minimum absolute atomic E-state index is 0.130. The normalized spacial score (nSPS) is 22.6.